The van der Waals surface area contributed by atoms with Crippen molar-refractivity contribution in [1.29, 1.82) is 0 Å². The van der Waals surface area contributed by atoms with Crippen LogP contribution in [-0.4, -0.2) is 80.6 Å². The molecule has 1 saturated heterocycles. The van der Waals surface area contributed by atoms with Gasteiger partial charge in [-0.3, -0.25) is 14.8 Å². The summed E-state index contributed by atoms with van der Waals surface area (Å²) < 4.78 is 0. The highest BCUT2D eigenvalue weighted by Crippen LogP contribution is 2.38. The lowest BCUT2D eigenvalue weighted by molar-refractivity contribution is 0.0938. The van der Waals surface area contributed by atoms with Gasteiger partial charge in [-0.1, -0.05) is 24.5 Å². The summed E-state index contributed by atoms with van der Waals surface area (Å²) in [5, 5.41) is 13.2. The van der Waals surface area contributed by atoms with Crippen molar-refractivity contribution in [3.63, 3.8) is 0 Å². The van der Waals surface area contributed by atoms with Crippen LogP contribution in [0.4, 0.5) is 0 Å². The third-order valence-corrected chi connectivity index (χ3v) is 9.25. The van der Waals surface area contributed by atoms with Crippen LogP contribution in [0.3, 0.4) is 0 Å². The first-order valence-corrected chi connectivity index (χ1v) is 16.1. The summed E-state index contributed by atoms with van der Waals surface area (Å²) in [7, 11) is 2.17. The smallest absolute Gasteiger partial charge is 0.251 e. The standard InChI is InChI=1S/C36H40N8O/c1-23-22-37-35(38-23)24(2)39-36(45)26-13-11-25(12-14-26)34-28-9-6-4-5-8-27(28)32-29(40-34)15-16-31-33(32)30(41-42-31)10-7-17-44-20-18-43(3)19-21-44/h11-16,22,24H,4-6,8-9,17-21H2,1-3H3,(H,37,38)(H,39,45)(H,41,42). The van der Waals surface area contributed by atoms with Gasteiger partial charge < -0.3 is 15.2 Å². The Bertz CT molecular complexity index is 1920. The van der Waals surface area contributed by atoms with Gasteiger partial charge in [0.1, 0.15) is 11.5 Å². The first-order chi connectivity index (χ1) is 21.9. The molecule has 45 heavy (non-hydrogen) atoms. The van der Waals surface area contributed by atoms with E-state index in [1.807, 2.05) is 38.1 Å². The predicted molar refractivity (Wildman–Crippen MR) is 178 cm³/mol. The highest BCUT2D eigenvalue weighted by atomic mass is 16.1. The van der Waals surface area contributed by atoms with Crippen molar-refractivity contribution in [1.82, 2.24) is 40.3 Å². The van der Waals surface area contributed by atoms with Gasteiger partial charge in [-0.2, -0.15) is 5.10 Å². The molecule has 1 unspecified atom stereocenters. The second kappa shape index (κ2) is 12.5. The Labute approximate surface area is 263 Å². The molecule has 1 fully saturated rings. The van der Waals surface area contributed by atoms with E-state index >= 15 is 0 Å². The number of carbonyl (C=O) groups is 1. The van der Waals surface area contributed by atoms with Crippen molar-refractivity contribution in [2.75, 3.05) is 39.8 Å². The summed E-state index contributed by atoms with van der Waals surface area (Å²) in [6.07, 6.45) is 7.24. The van der Waals surface area contributed by atoms with Crippen molar-refractivity contribution in [3.8, 4) is 23.1 Å². The minimum atomic E-state index is -0.218. The Balaban J connectivity index is 1.22. The molecule has 5 aromatic rings. The number of hydrogen-bond donors (Lipinski definition) is 3. The van der Waals surface area contributed by atoms with Crippen LogP contribution in [0.1, 0.15) is 70.9 Å². The fraction of sp³-hybridized carbons (Fsp3) is 0.389. The molecule has 0 spiro atoms. The number of aromatic nitrogens is 5. The van der Waals surface area contributed by atoms with Crippen LogP contribution >= 0.6 is 0 Å². The van der Waals surface area contributed by atoms with Crippen molar-refractivity contribution < 1.29 is 4.79 Å². The lowest BCUT2D eigenvalue weighted by Gasteiger charge is -2.30. The summed E-state index contributed by atoms with van der Waals surface area (Å²) in [6.45, 7) is 8.91. The molecule has 1 aliphatic carbocycles. The first kappa shape index (κ1) is 29.2. The zero-order valence-electron chi connectivity index (χ0n) is 26.3. The number of fused-ring (bicyclic) bond motifs is 5. The number of aromatic amines is 2. The number of pyridine rings is 1. The van der Waals surface area contributed by atoms with E-state index in [-0.39, 0.29) is 11.9 Å². The van der Waals surface area contributed by atoms with Crippen LogP contribution in [0.25, 0.3) is 33.1 Å². The van der Waals surface area contributed by atoms with Gasteiger partial charge in [-0.25, -0.2) is 9.97 Å². The minimum absolute atomic E-state index is 0.128. The Morgan fingerprint density at radius 2 is 1.73 bits per heavy atom. The SMILES string of the molecule is Cc1cnc(C(C)NC(=O)c2ccc(-c3nc4ccc5n[nH]c(C#CCN6CCN(C)CC6)c5c4c4c3CCCCC4)cc2)[nH]1. The lowest BCUT2D eigenvalue weighted by atomic mass is 9.91. The molecule has 0 saturated carbocycles. The molecule has 3 aromatic heterocycles. The van der Waals surface area contributed by atoms with Crippen molar-refractivity contribution in [2.24, 2.45) is 0 Å². The summed E-state index contributed by atoms with van der Waals surface area (Å²) in [4.78, 5) is 30.7. The Morgan fingerprint density at radius 3 is 2.49 bits per heavy atom. The first-order valence-electron chi connectivity index (χ1n) is 16.1. The number of H-pyrrole nitrogens is 2. The zero-order valence-corrected chi connectivity index (χ0v) is 26.3. The summed E-state index contributed by atoms with van der Waals surface area (Å²) in [5.74, 6) is 7.48. The lowest BCUT2D eigenvalue weighted by Crippen LogP contribution is -2.44. The fourth-order valence-electron chi connectivity index (χ4n) is 6.66. The minimum Gasteiger partial charge on any atom is -0.344 e. The number of rotatable bonds is 5. The highest BCUT2D eigenvalue weighted by molar-refractivity contribution is 6.10. The number of imidazole rings is 1. The highest BCUT2D eigenvalue weighted by Gasteiger charge is 2.22. The van der Waals surface area contributed by atoms with Crippen LogP contribution in [-0.2, 0) is 12.8 Å². The number of hydrogen-bond acceptors (Lipinski definition) is 6. The van der Waals surface area contributed by atoms with E-state index < -0.39 is 0 Å². The Kier molecular flexibility index (Phi) is 8.09. The number of carbonyl (C=O) groups excluding carboxylic acids is 1. The van der Waals surface area contributed by atoms with Gasteiger partial charge in [0.05, 0.1) is 29.3 Å². The van der Waals surface area contributed by atoms with E-state index in [9.17, 15) is 4.79 Å². The van der Waals surface area contributed by atoms with Crippen molar-refractivity contribution >= 4 is 27.7 Å². The average Bonchev–Trinajstić information content (AvgIpc) is 3.59. The number of aryl methyl sites for hydroxylation is 2. The molecule has 0 bridgehead atoms. The van der Waals surface area contributed by atoms with Crippen LogP contribution < -0.4 is 5.32 Å². The molecule has 1 aliphatic heterocycles. The molecule has 1 amide bonds. The van der Waals surface area contributed by atoms with Gasteiger partial charge in [0, 0.05) is 60.0 Å². The van der Waals surface area contributed by atoms with E-state index in [2.05, 4.69) is 66.3 Å². The zero-order chi connectivity index (χ0) is 30.9. The Hall–Kier alpha value is -4.52. The second-order valence-electron chi connectivity index (χ2n) is 12.5. The number of benzene rings is 2. The molecule has 3 N–H and O–H groups in total. The van der Waals surface area contributed by atoms with E-state index in [1.54, 1.807) is 6.20 Å². The molecule has 2 aliphatic rings. The maximum Gasteiger partial charge on any atom is 0.251 e. The molecule has 9 heteroatoms. The summed E-state index contributed by atoms with van der Waals surface area (Å²) in [5.41, 5.74) is 9.07. The van der Waals surface area contributed by atoms with Crippen LogP contribution in [0.15, 0.2) is 42.6 Å². The largest absolute Gasteiger partial charge is 0.344 e. The normalized spacial score (nSPS) is 16.6. The Morgan fingerprint density at radius 1 is 0.978 bits per heavy atom. The van der Waals surface area contributed by atoms with E-state index in [0.29, 0.717) is 5.56 Å². The summed E-state index contributed by atoms with van der Waals surface area (Å²) >= 11 is 0. The van der Waals surface area contributed by atoms with Gasteiger partial charge in [0.15, 0.2) is 0 Å². The number of nitrogens with one attached hydrogen (secondary N) is 3. The number of nitrogens with zero attached hydrogens (tertiary/aromatic N) is 5. The monoisotopic (exact) mass is 600 g/mol. The van der Waals surface area contributed by atoms with Crippen LogP contribution in [0.5, 0.6) is 0 Å². The maximum absolute atomic E-state index is 13.1. The molecular formula is C36H40N8O. The molecule has 2 aromatic carbocycles. The van der Waals surface area contributed by atoms with Crippen molar-refractivity contribution in [3.05, 3.63) is 76.5 Å². The third-order valence-electron chi connectivity index (χ3n) is 9.25. The molecular weight excluding hydrogens is 560 g/mol. The third kappa shape index (κ3) is 5.96. The number of likely N-dealkylation sites (N-methyl/N-ethyl adjacent to an activating group) is 1. The number of amides is 1. The quantitative estimate of drug-likeness (QED) is 0.190. The molecule has 4 heterocycles. The average molecular weight is 601 g/mol. The van der Waals surface area contributed by atoms with Crippen molar-refractivity contribution in [2.45, 2.75) is 52.0 Å². The molecule has 1 atom stereocenters. The maximum atomic E-state index is 13.1. The van der Waals surface area contributed by atoms with Crippen LogP contribution in [0.2, 0.25) is 0 Å². The number of piperazine rings is 1. The van der Waals surface area contributed by atoms with E-state index in [4.69, 9.17) is 4.98 Å². The van der Waals surface area contributed by atoms with E-state index in [1.165, 1.54) is 22.9 Å². The molecule has 0 radical (unpaired) electrons. The van der Waals surface area contributed by atoms with Gasteiger partial charge in [-0.15, -0.1) is 0 Å². The summed E-state index contributed by atoms with van der Waals surface area (Å²) in [6, 6.07) is 11.8. The van der Waals surface area contributed by atoms with Gasteiger partial charge in [-0.05, 0) is 87.9 Å². The van der Waals surface area contributed by atoms with E-state index in [0.717, 1.165) is 103 Å². The second-order valence-corrected chi connectivity index (χ2v) is 12.5. The van der Waals surface area contributed by atoms with Gasteiger partial charge in [0.25, 0.3) is 5.91 Å². The molecule has 230 valence electrons. The topological polar surface area (TPSA) is 106 Å². The van der Waals surface area contributed by atoms with Gasteiger partial charge in [0.2, 0.25) is 0 Å². The molecule has 7 rings (SSSR count). The molecule has 9 nitrogen and oxygen atoms in total. The fourth-order valence-corrected chi connectivity index (χ4v) is 6.66. The predicted octanol–water partition coefficient (Wildman–Crippen LogP) is 5.17. The van der Waals surface area contributed by atoms with Gasteiger partial charge >= 0.3 is 0 Å². The van der Waals surface area contributed by atoms with Crippen LogP contribution in [0, 0.1) is 18.8 Å².